The number of aryl methyl sites for hydroxylation is 1. The first kappa shape index (κ1) is 20.4. The number of nitrogens with one attached hydrogen (secondary N) is 1. The average Bonchev–Trinajstić information content (AvgIpc) is 3.03. The molecule has 0 radical (unpaired) electrons. The first-order valence-electron chi connectivity index (χ1n) is 11.1. The van der Waals surface area contributed by atoms with Gasteiger partial charge in [-0.3, -0.25) is 4.79 Å². The molecule has 5 heteroatoms. The second kappa shape index (κ2) is 9.77. The molecular weight excluding hydrogens is 372 g/mol. The van der Waals surface area contributed by atoms with Crippen LogP contribution in [0.1, 0.15) is 48.4 Å². The molecule has 2 aromatic carbocycles. The number of carbonyl (C=O) groups is 1. The highest BCUT2D eigenvalue weighted by molar-refractivity contribution is 5.76. The molecule has 2 aliphatic rings. The summed E-state index contributed by atoms with van der Waals surface area (Å²) in [7, 11) is 0. The molecule has 1 unspecified atom stereocenters. The normalized spacial score (nSPS) is 19.4. The summed E-state index contributed by atoms with van der Waals surface area (Å²) in [6.07, 6.45) is 4.85. The molecule has 2 aromatic rings. The minimum absolute atomic E-state index is 0.146. The van der Waals surface area contributed by atoms with Gasteiger partial charge < -0.3 is 15.1 Å². The largest absolute Gasteiger partial charge is 0.369 e. The molecule has 1 fully saturated rings. The van der Waals surface area contributed by atoms with Crippen molar-refractivity contribution in [2.45, 2.75) is 38.1 Å². The van der Waals surface area contributed by atoms with Crippen LogP contribution in [-0.2, 0) is 11.2 Å². The van der Waals surface area contributed by atoms with Gasteiger partial charge in [-0.2, -0.15) is 5.26 Å². The van der Waals surface area contributed by atoms with E-state index in [4.69, 9.17) is 0 Å². The van der Waals surface area contributed by atoms with Crippen LogP contribution in [0.4, 0.5) is 5.69 Å². The van der Waals surface area contributed by atoms with Crippen LogP contribution in [-0.4, -0.2) is 43.5 Å². The number of hydrogen-bond donors (Lipinski definition) is 1. The Morgan fingerprint density at radius 2 is 1.87 bits per heavy atom. The minimum Gasteiger partial charge on any atom is -0.369 e. The molecule has 1 atom stereocenters. The summed E-state index contributed by atoms with van der Waals surface area (Å²) in [4.78, 5) is 17.3. The predicted molar refractivity (Wildman–Crippen MR) is 119 cm³/mol. The molecular formula is C25H30N4O. The summed E-state index contributed by atoms with van der Waals surface area (Å²) in [6.45, 7) is 4.52. The number of para-hydroxylation sites is 1. The Kier molecular flexibility index (Phi) is 6.66. The van der Waals surface area contributed by atoms with Crippen LogP contribution in [0.5, 0.6) is 0 Å². The lowest BCUT2D eigenvalue weighted by molar-refractivity contribution is -0.122. The Balaban J connectivity index is 1.28. The molecule has 1 N–H and O–H groups in total. The van der Waals surface area contributed by atoms with Crippen molar-refractivity contribution < 1.29 is 4.79 Å². The summed E-state index contributed by atoms with van der Waals surface area (Å²) in [5.74, 6) is 0.146. The topological polar surface area (TPSA) is 59.4 Å². The maximum Gasteiger partial charge on any atom is 0.221 e. The highest BCUT2D eigenvalue weighted by atomic mass is 16.1. The van der Waals surface area contributed by atoms with E-state index in [1.165, 1.54) is 11.1 Å². The number of rotatable bonds is 5. The van der Waals surface area contributed by atoms with Crippen molar-refractivity contribution >= 4 is 11.6 Å². The van der Waals surface area contributed by atoms with Crippen molar-refractivity contribution in [2.75, 3.05) is 37.6 Å². The van der Waals surface area contributed by atoms with Crippen LogP contribution in [0, 0.1) is 11.3 Å². The van der Waals surface area contributed by atoms with Gasteiger partial charge in [0, 0.05) is 32.6 Å². The fourth-order valence-electron chi connectivity index (χ4n) is 4.71. The standard InChI is InChI=1S/C25H30N4O/c26-19-21-8-2-4-12-24(21)29-15-6-14-28(17-18-29)16-13-25(30)27-23-11-5-9-20-7-1-3-10-22(20)23/h1-4,7-8,10,12,23H,5-6,9,11,13-18H2,(H,27,30). The van der Waals surface area contributed by atoms with E-state index in [-0.39, 0.29) is 11.9 Å². The fourth-order valence-corrected chi connectivity index (χ4v) is 4.71. The number of fused-ring (bicyclic) bond motifs is 1. The second-order valence-corrected chi connectivity index (χ2v) is 8.27. The van der Waals surface area contributed by atoms with E-state index in [0.717, 1.165) is 69.7 Å². The predicted octanol–water partition coefficient (Wildman–Crippen LogP) is 3.65. The first-order valence-corrected chi connectivity index (χ1v) is 11.1. The second-order valence-electron chi connectivity index (χ2n) is 8.27. The maximum absolute atomic E-state index is 12.6. The van der Waals surface area contributed by atoms with Crippen molar-refractivity contribution in [2.24, 2.45) is 0 Å². The van der Waals surface area contributed by atoms with Crippen molar-refractivity contribution in [1.82, 2.24) is 10.2 Å². The zero-order valence-corrected chi connectivity index (χ0v) is 17.5. The SMILES string of the molecule is N#Cc1ccccc1N1CCCN(CCC(=O)NC2CCCc3ccccc32)CC1. The Morgan fingerprint density at radius 1 is 1.03 bits per heavy atom. The molecule has 0 bridgehead atoms. The zero-order valence-electron chi connectivity index (χ0n) is 17.5. The number of benzene rings is 2. The number of hydrogen-bond acceptors (Lipinski definition) is 4. The van der Waals surface area contributed by atoms with Gasteiger partial charge in [0.15, 0.2) is 0 Å². The van der Waals surface area contributed by atoms with Gasteiger partial charge in [0.1, 0.15) is 6.07 Å². The molecule has 4 rings (SSSR count). The number of amides is 1. The molecule has 0 spiro atoms. The molecule has 1 aliphatic carbocycles. The van der Waals surface area contributed by atoms with Gasteiger partial charge in [0.05, 0.1) is 17.3 Å². The molecule has 0 aromatic heterocycles. The number of nitriles is 1. The Hall–Kier alpha value is -2.84. The minimum atomic E-state index is 0.146. The van der Waals surface area contributed by atoms with Crippen molar-refractivity contribution in [3.05, 3.63) is 65.2 Å². The van der Waals surface area contributed by atoms with Crippen molar-refractivity contribution in [1.29, 1.82) is 5.26 Å². The number of anilines is 1. The lowest BCUT2D eigenvalue weighted by Crippen LogP contribution is -2.36. The van der Waals surface area contributed by atoms with Crippen LogP contribution < -0.4 is 10.2 Å². The van der Waals surface area contributed by atoms with E-state index in [0.29, 0.717) is 6.42 Å². The van der Waals surface area contributed by atoms with Crippen LogP contribution in [0.25, 0.3) is 0 Å². The third-order valence-electron chi connectivity index (χ3n) is 6.31. The van der Waals surface area contributed by atoms with Crippen LogP contribution in [0.15, 0.2) is 48.5 Å². The van der Waals surface area contributed by atoms with Gasteiger partial charge in [0.25, 0.3) is 0 Å². The van der Waals surface area contributed by atoms with E-state index in [2.05, 4.69) is 45.5 Å². The van der Waals surface area contributed by atoms with E-state index in [1.807, 2.05) is 24.3 Å². The van der Waals surface area contributed by atoms with Gasteiger partial charge in [-0.1, -0.05) is 36.4 Å². The van der Waals surface area contributed by atoms with Crippen LogP contribution in [0.2, 0.25) is 0 Å². The van der Waals surface area contributed by atoms with Gasteiger partial charge in [0.2, 0.25) is 5.91 Å². The summed E-state index contributed by atoms with van der Waals surface area (Å²) in [5.41, 5.74) is 4.42. The van der Waals surface area contributed by atoms with Gasteiger partial charge in [-0.25, -0.2) is 0 Å². The van der Waals surface area contributed by atoms with Gasteiger partial charge >= 0.3 is 0 Å². The Labute approximate surface area is 179 Å². The number of nitrogens with zero attached hydrogens (tertiary/aromatic N) is 3. The fraction of sp³-hybridized carbons (Fsp3) is 0.440. The highest BCUT2D eigenvalue weighted by Gasteiger charge is 2.22. The summed E-state index contributed by atoms with van der Waals surface area (Å²) >= 11 is 0. The smallest absolute Gasteiger partial charge is 0.221 e. The summed E-state index contributed by atoms with van der Waals surface area (Å²) < 4.78 is 0. The van der Waals surface area contributed by atoms with E-state index in [1.54, 1.807) is 0 Å². The maximum atomic E-state index is 12.6. The molecule has 1 aliphatic heterocycles. The van der Waals surface area contributed by atoms with Gasteiger partial charge in [-0.05, 0) is 55.5 Å². The lowest BCUT2D eigenvalue weighted by Gasteiger charge is -2.27. The Morgan fingerprint density at radius 3 is 2.77 bits per heavy atom. The molecule has 0 saturated carbocycles. The average molecular weight is 403 g/mol. The molecule has 156 valence electrons. The van der Waals surface area contributed by atoms with E-state index in [9.17, 15) is 10.1 Å². The Bertz CT molecular complexity index is 919. The zero-order chi connectivity index (χ0) is 20.8. The van der Waals surface area contributed by atoms with Crippen molar-refractivity contribution in [3.63, 3.8) is 0 Å². The van der Waals surface area contributed by atoms with E-state index < -0.39 is 0 Å². The third kappa shape index (κ3) is 4.83. The monoisotopic (exact) mass is 402 g/mol. The molecule has 1 amide bonds. The third-order valence-corrected chi connectivity index (χ3v) is 6.31. The molecule has 5 nitrogen and oxygen atoms in total. The van der Waals surface area contributed by atoms with Crippen LogP contribution >= 0.6 is 0 Å². The summed E-state index contributed by atoms with van der Waals surface area (Å²) in [5, 5.41) is 12.6. The van der Waals surface area contributed by atoms with E-state index >= 15 is 0 Å². The van der Waals surface area contributed by atoms with Gasteiger partial charge in [-0.15, -0.1) is 0 Å². The molecule has 1 heterocycles. The summed E-state index contributed by atoms with van der Waals surface area (Å²) in [6, 6.07) is 18.8. The number of carbonyl (C=O) groups excluding carboxylic acids is 1. The quantitative estimate of drug-likeness (QED) is 0.829. The highest BCUT2D eigenvalue weighted by Crippen LogP contribution is 2.29. The van der Waals surface area contributed by atoms with Crippen LogP contribution in [0.3, 0.4) is 0 Å². The first-order chi connectivity index (χ1) is 14.7. The molecule has 1 saturated heterocycles. The lowest BCUT2D eigenvalue weighted by atomic mass is 9.87. The van der Waals surface area contributed by atoms with Crippen molar-refractivity contribution in [3.8, 4) is 6.07 Å². The molecule has 30 heavy (non-hydrogen) atoms.